The van der Waals surface area contributed by atoms with Crippen molar-refractivity contribution in [2.75, 3.05) is 0 Å². The molecule has 0 bridgehead atoms. The van der Waals surface area contributed by atoms with Crippen molar-refractivity contribution in [3.05, 3.63) is 70.8 Å². The maximum absolute atomic E-state index is 13.3. The summed E-state index contributed by atoms with van der Waals surface area (Å²) in [6, 6.07) is 13.1. The molecule has 1 aromatic heterocycles. The Morgan fingerprint density at radius 2 is 2.00 bits per heavy atom. The number of halogens is 2. The molecule has 1 N–H and O–H groups in total. The molecule has 1 aliphatic rings. The molecule has 4 rings (SSSR count). The van der Waals surface area contributed by atoms with Crippen molar-refractivity contribution >= 4 is 29.3 Å². The van der Waals surface area contributed by atoms with E-state index in [1.54, 1.807) is 30.3 Å². The fraction of sp³-hybridized carbons (Fsp3) is 0.250. The second kappa shape index (κ2) is 8.84. The van der Waals surface area contributed by atoms with Gasteiger partial charge < -0.3 is 14.5 Å². The summed E-state index contributed by atoms with van der Waals surface area (Å²) >= 11 is 7.17. The van der Waals surface area contributed by atoms with Gasteiger partial charge in [-0.3, -0.25) is 4.79 Å². The van der Waals surface area contributed by atoms with Crippen molar-refractivity contribution in [2.45, 2.75) is 36.0 Å². The molecule has 0 aliphatic heterocycles. The summed E-state index contributed by atoms with van der Waals surface area (Å²) in [7, 11) is 0. The lowest BCUT2D eigenvalue weighted by Crippen LogP contribution is -2.29. The SMILES string of the molecule is O=C(NC1CC1)[C@@H](Sc1nnc(COc2ccccc2Cl)o1)c1ccc(F)cc1. The zero-order chi connectivity index (χ0) is 20.2. The number of hydrogen-bond donors (Lipinski definition) is 1. The van der Waals surface area contributed by atoms with Crippen LogP contribution in [0.25, 0.3) is 0 Å². The summed E-state index contributed by atoms with van der Waals surface area (Å²) in [5.74, 6) is 0.232. The molecule has 9 heteroatoms. The van der Waals surface area contributed by atoms with Crippen LogP contribution in [0.5, 0.6) is 5.75 Å². The van der Waals surface area contributed by atoms with Crippen LogP contribution in [-0.4, -0.2) is 22.1 Å². The van der Waals surface area contributed by atoms with E-state index in [0.29, 0.717) is 16.3 Å². The molecule has 0 unspecified atom stereocenters. The number of nitrogens with one attached hydrogen (secondary N) is 1. The summed E-state index contributed by atoms with van der Waals surface area (Å²) < 4.78 is 24.5. The number of nitrogens with zero attached hydrogens (tertiary/aromatic N) is 2. The smallest absolute Gasteiger partial charge is 0.277 e. The average molecular weight is 434 g/mol. The van der Waals surface area contributed by atoms with Gasteiger partial charge in [0.25, 0.3) is 11.1 Å². The molecule has 1 amide bonds. The number of aromatic nitrogens is 2. The van der Waals surface area contributed by atoms with Gasteiger partial charge >= 0.3 is 0 Å². The highest BCUT2D eigenvalue weighted by atomic mass is 35.5. The van der Waals surface area contributed by atoms with Gasteiger partial charge in [-0.25, -0.2) is 4.39 Å². The predicted molar refractivity (Wildman–Crippen MR) is 106 cm³/mol. The number of para-hydroxylation sites is 1. The van der Waals surface area contributed by atoms with Crippen LogP contribution in [0, 0.1) is 5.82 Å². The second-order valence-corrected chi connectivity index (χ2v) is 7.98. The van der Waals surface area contributed by atoms with Crippen LogP contribution in [0.1, 0.15) is 29.5 Å². The third kappa shape index (κ3) is 5.27. The highest BCUT2D eigenvalue weighted by Crippen LogP contribution is 2.36. The molecular weight excluding hydrogens is 417 g/mol. The first-order valence-electron chi connectivity index (χ1n) is 9.00. The maximum Gasteiger partial charge on any atom is 0.277 e. The number of amides is 1. The molecule has 6 nitrogen and oxygen atoms in total. The average Bonchev–Trinajstić information content (AvgIpc) is 3.42. The zero-order valence-electron chi connectivity index (χ0n) is 15.2. The van der Waals surface area contributed by atoms with E-state index in [-0.39, 0.29) is 35.5 Å². The van der Waals surface area contributed by atoms with Crippen molar-refractivity contribution < 1.29 is 18.3 Å². The van der Waals surface area contributed by atoms with Crippen molar-refractivity contribution in [3.8, 4) is 5.75 Å². The predicted octanol–water partition coefficient (Wildman–Crippen LogP) is 4.55. The van der Waals surface area contributed by atoms with Gasteiger partial charge in [0.1, 0.15) is 16.8 Å². The standard InChI is InChI=1S/C20H17ClFN3O3S/c21-15-3-1-2-4-16(15)27-11-17-24-25-20(28-17)29-18(19(26)23-14-9-10-14)12-5-7-13(22)8-6-12/h1-8,14,18H,9-11H2,(H,23,26)/t18-/m0/s1. The third-order valence-electron chi connectivity index (χ3n) is 4.19. The normalized spacial score (nSPS) is 14.4. The quantitative estimate of drug-likeness (QED) is 0.525. The van der Waals surface area contributed by atoms with Crippen molar-refractivity contribution in [2.24, 2.45) is 0 Å². The summed E-state index contributed by atoms with van der Waals surface area (Å²) in [5, 5.41) is 11.0. The minimum Gasteiger partial charge on any atom is -0.482 e. The molecule has 2 aromatic carbocycles. The molecule has 0 spiro atoms. The summed E-state index contributed by atoms with van der Waals surface area (Å²) in [6.45, 7) is 0.0484. The van der Waals surface area contributed by atoms with E-state index in [2.05, 4.69) is 15.5 Å². The van der Waals surface area contributed by atoms with Crippen LogP contribution in [0.3, 0.4) is 0 Å². The van der Waals surface area contributed by atoms with Crippen LogP contribution in [0.2, 0.25) is 5.02 Å². The van der Waals surface area contributed by atoms with Gasteiger partial charge in [0.2, 0.25) is 5.91 Å². The molecule has 0 saturated heterocycles. The molecule has 1 heterocycles. The van der Waals surface area contributed by atoms with Gasteiger partial charge in [0, 0.05) is 6.04 Å². The Labute approximate surface area is 175 Å². The number of rotatable bonds is 8. The van der Waals surface area contributed by atoms with Crippen molar-refractivity contribution in [1.29, 1.82) is 0 Å². The van der Waals surface area contributed by atoms with Crippen LogP contribution in [-0.2, 0) is 11.4 Å². The highest BCUT2D eigenvalue weighted by Gasteiger charge is 2.30. The third-order valence-corrected chi connectivity index (χ3v) is 5.59. The van der Waals surface area contributed by atoms with Crippen molar-refractivity contribution in [3.63, 3.8) is 0 Å². The first-order valence-corrected chi connectivity index (χ1v) is 10.3. The van der Waals surface area contributed by atoms with Crippen molar-refractivity contribution in [1.82, 2.24) is 15.5 Å². The molecule has 1 atom stereocenters. The fourth-order valence-electron chi connectivity index (χ4n) is 2.56. The van der Waals surface area contributed by atoms with E-state index in [4.69, 9.17) is 20.8 Å². The minimum atomic E-state index is -0.631. The zero-order valence-corrected chi connectivity index (χ0v) is 16.8. The Hall–Kier alpha value is -2.58. The monoisotopic (exact) mass is 433 g/mol. The molecule has 3 aromatic rings. The Morgan fingerprint density at radius 1 is 1.24 bits per heavy atom. The Morgan fingerprint density at radius 3 is 2.72 bits per heavy atom. The largest absolute Gasteiger partial charge is 0.482 e. The molecular formula is C20H17ClFN3O3S. The van der Waals surface area contributed by atoms with Crippen LogP contribution >= 0.6 is 23.4 Å². The van der Waals surface area contributed by atoms with E-state index in [9.17, 15) is 9.18 Å². The lowest BCUT2D eigenvalue weighted by molar-refractivity contribution is -0.120. The minimum absolute atomic E-state index is 0.0484. The number of carbonyl (C=O) groups excluding carboxylic acids is 1. The molecule has 0 radical (unpaired) electrons. The Kier molecular flexibility index (Phi) is 6.01. The maximum atomic E-state index is 13.3. The fourth-order valence-corrected chi connectivity index (χ4v) is 3.65. The molecule has 150 valence electrons. The number of thioether (sulfide) groups is 1. The van der Waals surface area contributed by atoms with Gasteiger partial charge in [-0.1, -0.05) is 35.9 Å². The summed E-state index contributed by atoms with van der Waals surface area (Å²) in [4.78, 5) is 12.7. The van der Waals surface area contributed by atoms with E-state index in [1.165, 1.54) is 12.1 Å². The summed E-state index contributed by atoms with van der Waals surface area (Å²) in [6.07, 6.45) is 1.94. The van der Waals surface area contributed by atoms with E-state index in [0.717, 1.165) is 24.6 Å². The molecule has 1 saturated carbocycles. The second-order valence-electron chi connectivity index (χ2n) is 6.51. The van der Waals surface area contributed by atoms with E-state index in [1.807, 2.05) is 6.07 Å². The van der Waals surface area contributed by atoms with Gasteiger partial charge in [0.15, 0.2) is 6.61 Å². The first kappa shape index (κ1) is 19.7. The van der Waals surface area contributed by atoms with Gasteiger partial charge in [-0.2, -0.15) is 0 Å². The van der Waals surface area contributed by atoms with Crippen LogP contribution in [0.4, 0.5) is 4.39 Å². The van der Waals surface area contributed by atoms with E-state index >= 15 is 0 Å². The topological polar surface area (TPSA) is 77.2 Å². The number of benzene rings is 2. The van der Waals surface area contributed by atoms with Gasteiger partial charge in [0.05, 0.1) is 5.02 Å². The highest BCUT2D eigenvalue weighted by molar-refractivity contribution is 8.00. The number of hydrogen-bond acceptors (Lipinski definition) is 6. The lowest BCUT2D eigenvalue weighted by Gasteiger charge is -2.14. The Balaban J connectivity index is 1.45. The first-order chi connectivity index (χ1) is 14.1. The number of ether oxygens (including phenoxy) is 1. The van der Waals surface area contributed by atoms with Gasteiger partial charge in [-0.05, 0) is 54.4 Å². The molecule has 29 heavy (non-hydrogen) atoms. The number of carbonyl (C=O) groups is 1. The van der Waals surface area contributed by atoms with Crippen LogP contribution in [0.15, 0.2) is 58.2 Å². The van der Waals surface area contributed by atoms with Crippen LogP contribution < -0.4 is 10.1 Å². The lowest BCUT2D eigenvalue weighted by atomic mass is 10.1. The summed E-state index contributed by atoms with van der Waals surface area (Å²) in [5.41, 5.74) is 0.654. The Bertz CT molecular complexity index is 995. The van der Waals surface area contributed by atoms with Gasteiger partial charge in [-0.15, -0.1) is 10.2 Å². The van der Waals surface area contributed by atoms with E-state index < -0.39 is 5.25 Å². The molecule has 1 fully saturated rings. The molecule has 1 aliphatic carbocycles.